The number of nitrogens with zero attached hydrogens (tertiary/aromatic N) is 2. The van der Waals surface area contributed by atoms with Crippen LogP contribution in [0.1, 0.15) is 46.2 Å². The first-order valence-electron chi connectivity index (χ1n) is 9.47. The van der Waals surface area contributed by atoms with Crippen LogP contribution in [-0.4, -0.2) is 43.8 Å². The number of nitrogens with two attached hydrogens (primary N) is 1. The molecular formula is C20H37N3O2Si. The van der Waals surface area contributed by atoms with E-state index in [9.17, 15) is 4.79 Å². The van der Waals surface area contributed by atoms with Gasteiger partial charge in [0.2, 0.25) is 5.91 Å². The summed E-state index contributed by atoms with van der Waals surface area (Å²) >= 11 is 0. The van der Waals surface area contributed by atoms with Gasteiger partial charge in [-0.25, -0.2) is 0 Å². The van der Waals surface area contributed by atoms with E-state index in [1.54, 1.807) is 0 Å². The van der Waals surface area contributed by atoms with E-state index in [1.807, 2.05) is 24.4 Å². The van der Waals surface area contributed by atoms with Crippen LogP contribution in [0, 0.1) is 5.92 Å². The van der Waals surface area contributed by atoms with Crippen LogP contribution in [0.15, 0.2) is 24.4 Å². The van der Waals surface area contributed by atoms with Gasteiger partial charge in [-0.1, -0.05) is 33.8 Å². The second-order valence-corrected chi connectivity index (χ2v) is 13.7. The molecule has 0 spiro atoms. The average Bonchev–Trinajstić information content (AvgIpc) is 2.51. The summed E-state index contributed by atoms with van der Waals surface area (Å²) in [5.74, 6) is -0.0230. The molecule has 0 fully saturated rings. The van der Waals surface area contributed by atoms with Gasteiger partial charge in [0.05, 0.1) is 18.2 Å². The quantitative estimate of drug-likeness (QED) is 0.628. The Morgan fingerprint density at radius 3 is 2.50 bits per heavy atom. The molecule has 0 aliphatic carbocycles. The highest BCUT2D eigenvalue weighted by molar-refractivity contribution is 6.74. The maximum Gasteiger partial charge on any atom is 0.219 e. The molecule has 148 valence electrons. The minimum atomic E-state index is -1.95. The van der Waals surface area contributed by atoms with Crippen LogP contribution < -0.4 is 5.73 Å². The number of pyridine rings is 1. The molecule has 6 heteroatoms. The van der Waals surface area contributed by atoms with Gasteiger partial charge in [-0.2, -0.15) is 0 Å². The number of aromatic nitrogens is 1. The van der Waals surface area contributed by atoms with Gasteiger partial charge in [0.25, 0.3) is 0 Å². The van der Waals surface area contributed by atoms with Gasteiger partial charge in [-0.05, 0) is 56.2 Å². The Labute approximate surface area is 160 Å². The molecule has 2 N–H and O–H groups in total. The molecule has 0 aliphatic rings. The zero-order valence-electron chi connectivity index (χ0n) is 17.6. The Bertz CT molecular complexity index is 558. The summed E-state index contributed by atoms with van der Waals surface area (Å²) in [7, 11) is 0.150. The van der Waals surface area contributed by atoms with Crippen molar-refractivity contribution in [1.82, 2.24) is 9.88 Å². The fourth-order valence-corrected chi connectivity index (χ4v) is 4.00. The predicted molar refractivity (Wildman–Crippen MR) is 110 cm³/mol. The molecule has 1 heterocycles. The lowest BCUT2D eigenvalue weighted by Gasteiger charge is -2.41. The van der Waals surface area contributed by atoms with E-state index in [2.05, 4.69) is 57.7 Å². The van der Waals surface area contributed by atoms with Crippen LogP contribution in [0.3, 0.4) is 0 Å². The second-order valence-electron chi connectivity index (χ2n) is 8.91. The highest BCUT2D eigenvalue weighted by atomic mass is 28.4. The number of rotatable bonds is 10. The van der Waals surface area contributed by atoms with Gasteiger partial charge >= 0.3 is 0 Å². The highest BCUT2D eigenvalue weighted by Gasteiger charge is 2.40. The first kappa shape index (κ1) is 22.8. The third-order valence-electron chi connectivity index (χ3n) is 5.41. The molecule has 0 unspecified atom stereocenters. The standard InChI is InChI=1S/C20H37N3O2Si/c1-16(11-13-23(5)15-17-10-8-9-12-22-17)18(14-19(21)24)25-26(6,7)20(2,3)4/h8-10,12,16,18H,11,13-15H2,1-7H3,(H2,21,24)/t16-,18+/m1/s1. The lowest BCUT2D eigenvalue weighted by Crippen LogP contribution is -2.46. The lowest BCUT2D eigenvalue weighted by atomic mass is 9.98. The van der Waals surface area contributed by atoms with Crippen molar-refractivity contribution in [2.45, 2.75) is 71.3 Å². The lowest BCUT2D eigenvalue weighted by molar-refractivity contribution is -0.120. The molecule has 1 aromatic rings. The molecule has 0 saturated heterocycles. The van der Waals surface area contributed by atoms with Gasteiger partial charge in [0, 0.05) is 12.7 Å². The van der Waals surface area contributed by atoms with Gasteiger partial charge in [-0.15, -0.1) is 0 Å². The van der Waals surface area contributed by atoms with E-state index in [1.165, 1.54) is 0 Å². The van der Waals surface area contributed by atoms with Crippen LogP contribution >= 0.6 is 0 Å². The fraction of sp³-hybridized carbons (Fsp3) is 0.700. The van der Waals surface area contributed by atoms with Crippen molar-refractivity contribution in [3.8, 4) is 0 Å². The molecule has 26 heavy (non-hydrogen) atoms. The van der Waals surface area contributed by atoms with E-state index in [4.69, 9.17) is 10.2 Å². The molecule has 0 aliphatic heterocycles. The smallest absolute Gasteiger partial charge is 0.219 e. The monoisotopic (exact) mass is 379 g/mol. The summed E-state index contributed by atoms with van der Waals surface area (Å²) in [6, 6.07) is 5.98. The number of carbonyl (C=O) groups is 1. The summed E-state index contributed by atoms with van der Waals surface area (Å²) in [6.45, 7) is 15.0. The average molecular weight is 380 g/mol. The minimum absolute atomic E-state index is 0.110. The van der Waals surface area contributed by atoms with E-state index >= 15 is 0 Å². The Kier molecular flexibility index (Phi) is 8.44. The van der Waals surface area contributed by atoms with E-state index in [0.717, 1.165) is 25.2 Å². The van der Waals surface area contributed by atoms with Crippen molar-refractivity contribution < 1.29 is 9.22 Å². The van der Waals surface area contributed by atoms with Crippen molar-refractivity contribution in [2.75, 3.05) is 13.6 Å². The molecular weight excluding hydrogens is 342 g/mol. The Morgan fingerprint density at radius 1 is 1.35 bits per heavy atom. The third kappa shape index (κ3) is 7.56. The summed E-state index contributed by atoms with van der Waals surface area (Å²) in [5, 5.41) is 0.110. The number of amides is 1. The number of hydrogen-bond acceptors (Lipinski definition) is 4. The third-order valence-corrected chi connectivity index (χ3v) is 9.92. The molecule has 0 aromatic carbocycles. The number of primary amides is 1. The molecule has 2 atom stereocenters. The normalized spacial score (nSPS) is 15.1. The first-order valence-corrected chi connectivity index (χ1v) is 12.4. The molecule has 5 nitrogen and oxygen atoms in total. The molecule has 1 rings (SSSR count). The topological polar surface area (TPSA) is 68.5 Å². The molecule has 1 amide bonds. The van der Waals surface area contributed by atoms with Gasteiger partial charge < -0.3 is 15.1 Å². The van der Waals surface area contributed by atoms with Gasteiger partial charge in [-0.3, -0.25) is 9.78 Å². The van der Waals surface area contributed by atoms with E-state index in [0.29, 0.717) is 0 Å². The van der Waals surface area contributed by atoms with E-state index < -0.39 is 8.32 Å². The summed E-state index contributed by atoms with van der Waals surface area (Å²) < 4.78 is 6.53. The van der Waals surface area contributed by atoms with Crippen LogP contribution in [0.25, 0.3) is 0 Å². The van der Waals surface area contributed by atoms with Crippen LogP contribution in [-0.2, 0) is 15.8 Å². The minimum Gasteiger partial charge on any atom is -0.413 e. The number of hydrogen-bond donors (Lipinski definition) is 1. The second kappa shape index (κ2) is 9.62. The molecule has 0 radical (unpaired) electrons. The Morgan fingerprint density at radius 2 is 2.00 bits per heavy atom. The largest absolute Gasteiger partial charge is 0.413 e. The summed E-state index contributed by atoms with van der Waals surface area (Å²) in [5.41, 5.74) is 6.56. The van der Waals surface area contributed by atoms with Crippen LogP contribution in [0.5, 0.6) is 0 Å². The van der Waals surface area contributed by atoms with Crippen LogP contribution in [0.2, 0.25) is 18.1 Å². The zero-order valence-corrected chi connectivity index (χ0v) is 18.6. The van der Waals surface area contributed by atoms with Crippen molar-refractivity contribution in [1.29, 1.82) is 0 Å². The van der Waals surface area contributed by atoms with Crippen LogP contribution in [0.4, 0.5) is 0 Å². The maximum atomic E-state index is 11.6. The SMILES string of the molecule is C[C@H](CCN(C)Cc1ccccn1)[C@H](CC(N)=O)O[Si](C)(C)C(C)(C)C. The van der Waals surface area contributed by atoms with Gasteiger partial charge in [0.1, 0.15) is 0 Å². The van der Waals surface area contributed by atoms with Crippen molar-refractivity contribution in [3.63, 3.8) is 0 Å². The first-order chi connectivity index (χ1) is 11.9. The highest BCUT2D eigenvalue weighted by Crippen LogP contribution is 2.38. The van der Waals surface area contributed by atoms with Crippen molar-refractivity contribution >= 4 is 14.2 Å². The molecule has 0 saturated carbocycles. The predicted octanol–water partition coefficient (Wildman–Crippen LogP) is 3.81. The summed E-state index contributed by atoms with van der Waals surface area (Å²) in [4.78, 5) is 18.2. The molecule has 0 bridgehead atoms. The molecule has 1 aromatic heterocycles. The Balaban J connectivity index is 2.65. The number of carbonyl (C=O) groups excluding carboxylic acids is 1. The van der Waals surface area contributed by atoms with E-state index in [-0.39, 0.29) is 29.4 Å². The van der Waals surface area contributed by atoms with Crippen molar-refractivity contribution in [3.05, 3.63) is 30.1 Å². The van der Waals surface area contributed by atoms with Crippen molar-refractivity contribution in [2.24, 2.45) is 11.7 Å². The maximum absolute atomic E-state index is 11.6. The summed E-state index contributed by atoms with van der Waals surface area (Å²) in [6.07, 6.45) is 2.95. The Hall–Kier alpha value is -1.24. The zero-order chi connectivity index (χ0) is 20.0. The fourth-order valence-electron chi connectivity index (χ4n) is 2.57. The van der Waals surface area contributed by atoms with Gasteiger partial charge in [0.15, 0.2) is 8.32 Å².